The molecule has 47 heavy (non-hydrogen) atoms. The minimum Gasteiger partial charge on any atom is -0.456 e. The number of fused-ring (bicyclic) bond motifs is 6. The number of rotatable bonds is 5. The summed E-state index contributed by atoms with van der Waals surface area (Å²) in [5, 5.41) is 7.37. The van der Waals surface area contributed by atoms with E-state index in [9.17, 15) is 0 Å². The summed E-state index contributed by atoms with van der Waals surface area (Å²) in [5.41, 5.74) is 10.0. The van der Waals surface area contributed by atoms with Crippen molar-refractivity contribution in [2.45, 2.75) is 11.5 Å². The first-order valence-corrected chi connectivity index (χ1v) is 16.4. The highest BCUT2D eigenvalue weighted by atomic mass is 16.3. The normalized spacial score (nSPS) is 12.2. The average Bonchev–Trinajstić information content (AvgIpc) is 3.63. The molecule has 0 amide bonds. The van der Waals surface area contributed by atoms with Crippen molar-refractivity contribution < 1.29 is 4.42 Å². The van der Waals surface area contributed by atoms with Gasteiger partial charge in [-0.2, -0.15) is 0 Å². The molecule has 0 spiro atoms. The van der Waals surface area contributed by atoms with E-state index in [1.165, 1.54) is 43.8 Å². The zero-order chi connectivity index (χ0) is 31.7. The largest absolute Gasteiger partial charge is 0.456 e. The molecule has 3 nitrogen and oxygen atoms in total. The van der Waals surface area contributed by atoms with E-state index < -0.39 is 0 Å². The van der Waals surface area contributed by atoms with Gasteiger partial charge in [-0.1, -0.05) is 97.1 Å². The molecular formula is C41H31B3N2O. The van der Waals surface area contributed by atoms with Crippen LogP contribution in [0, 0.1) is 0 Å². The van der Waals surface area contributed by atoms with Crippen molar-refractivity contribution >= 4 is 78.1 Å². The zero-order valence-electron chi connectivity index (χ0n) is 26.8. The first-order chi connectivity index (χ1) is 22.9. The summed E-state index contributed by atoms with van der Waals surface area (Å²) in [6.45, 7) is 0. The number of furan rings is 1. The van der Waals surface area contributed by atoms with E-state index in [0.717, 1.165) is 50.9 Å². The van der Waals surface area contributed by atoms with Crippen molar-refractivity contribution in [2.75, 3.05) is 0 Å². The van der Waals surface area contributed by atoms with Gasteiger partial charge in [0.05, 0.1) is 34.6 Å². The average molecular weight is 600 g/mol. The highest BCUT2D eigenvalue weighted by Gasteiger charge is 2.21. The number of para-hydroxylation sites is 3. The summed E-state index contributed by atoms with van der Waals surface area (Å²) in [6, 6.07) is 50.1. The standard InChI is InChI=1S/C41H31B3N2O/c42-41(43,44)24-38-45-34-14-6-7-15-35(34)46(38)27-20-17-25(18-21-27)39-29-10-1-3-12-31(29)40(32-13-4-2-11-30(32)39)26-19-22-37-33(23-26)28-9-5-8-16-36(28)47-37/h1-23H,24,42-44H2. The third-order valence-electron chi connectivity index (χ3n) is 9.33. The van der Waals surface area contributed by atoms with Gasteiger partial charge in [0.15, 0.2) is 0 Å². The van der Waals surface area contributed by atoms with E-state index in [4.69, 9.17) is 9.40 Å². The fourth-order valence-corrected chi connectivity index (χ4v) is 7.37. The Balaban J connectivity index is 1.24. The third-order valence-corrected chi connectivity index (χ3v) is 9.33. The van der Waals surface area contributed by atoms with Crippen LogP contribution in [-0.2, 0) is 6.42 Å². The minimum atomic E-state index is 0.119. The maximum atomic E-state index is 6.18. The van der Waals surface area contributed by atoms with Crippen LogP contribution in [-0.4, -0.2) is 33.1 Å². The van der Waals surface area contributed by atoms with Gasteiger partial charge in [0.1, 0.15) is 17.0 Å². The molecule has 0 radical (unpaired) electrons. The Morgan fingerprint density at radius 2 is 1.06 bits per heavy atom. The van der Waals surface area contributed by atoms with Crippen molar-refractivity contribution in [3.63, 3.8) is 0 Å². The van der Waals surface area contributed by atoms with Crippen molar-refractivity contribution in [1.82, 2.24) is 9.55 Å². The molecule has 9 aromatic rings. The first-order valence-electron chi connectivity index (χ1n) is 16.4. The second-order valence-electron chi connectivity index (χ2n) is 13.8. The Hall–Kier alpha value is -5.48. The smallest absolute Gasteiger partial charge is 0.135 e. The minimum absolute atomic E-state index is 0.119. The summed E-state index contributed by atoms with van der Waals surface area (Å²) in [5.74, 6) is 1.09. The van der Waals surface area contributed by atoms with Crippen LogP contribution in [0.5, 0.6) is 0 Å². The summed E-state index contributed by atoms with van der Waals surface area (Å²) < 4.78 is 8.51. The number of nitrogens with zero attached hydrogens (tertiary/aromatic N) is 2. The predicted molar refractivity (Wildman–Crippen MR) is 206 cm³/mol. The van der Waals surface area contributed by atoms with Gasteiger partial charge < -0.3 is 4.42 Å². The Morgan fingerprint density at radius 1 is 0.532 bits per heavy atom. The zero-order valence-corrected chi connectivity index (χ0v) is 26.8. The third kappa shape index (κ3) is 4.59. The van der Waals surface area contributed by atoms with Crippen LogP contribution < -0.4 is 0 Å². The van der Waals surface area contributed by atoms with Crippen molar-refractivity contribution in [2.24, 2.45) is 0 Å². The molecule has 0 bridgehead atoms. The van der Waals surface area contributed by atoms with Gasteiger partial charge >= 0.3 is 0 Å². The van der Waals surface area contributed by atoms with Gasteiger partial charge in [-0.25, -0.2) is 4.98 Å². The fourth-order valence-electron chi connectivity index (χ4n) is 7.37. The molecule has 7 aromatic carbocycles. The molecule has 0 N–H and O–H groups in total. The Kier molecular flexibility index (Phi) is 6.23. The van der Waals surface area contributed by atoms with Crippen LogP contribution in [0.15, 0.2) is 144 Å². The van der Waals surface area contributed by atoms with Crippen molar-refractivity contribution in [3.8, 4) is 27.9 Å². The second kappa shape index (κ2) is 10.5. The van der Waals surface area contributed by atoms with Gasteiger partial charge in [0, 0.05) is 16.5 Å². The number of hydrogen-bond donors (Lipinski definition) is 0. The van der Waals surface area contributed by atoms with E-state index >= 15 is 0 Å². The van der Waals surface area contributed by atoms with Crippen LogP contribution in [0.25, 0.3) is 82.5 Å². The highest BCUT2D eigenvalue weighted by molar-refractivity contribution is 6.59. The highest BCUT2D eigenvalue weighted by Crippen LogP contribution is 2.45. The second-order valence-corrected chi connectivity index (χ2v) is 13.8. The molecule has 0 fully saturated rings. The summed E-state index contributed by atoms with van der Waals surface area (Å²) >= 11 is 0. The van der Waals surface area contributed by atoms with Crippen LogP contribution in [0.3, 0.4) is 0 Å². The van der Waals surface area contributed by atoms with E-state index in [2.05, 4.69) is 155 Å². The topological polar surface area (TPSA) is 31.0 Å². The lowest BCUT2D eigenvalue weighted by Crippen LogP contribution is -2.18. The lowest BCUT2D eigenvalue weighted by Gasteiger charge is -2.20. The predicted octanol–water partition coefficient (Wildman–Crippen LogP) is 8.08. The summed E-state index contributed by atoms with van der Waals surface area (Å²) in [7, 11) is 6.82. The quantitative estimate of drug-likeness (QED) is 0.148. The molecule has 0 saturated heterocycles. The molecule has 220 valence electrons. The fraction of sp³-hybridized carbons (Fsp3) is 0.0488. The molecule has 0 unspecified atom stereocenters. The molecule has 9 rings (SSSR count). The maximum Gasteiger partial charge on any atom is 0.135 e. The van der Waals surface area contributed by atoms with Crippen LogP contribution >= 0.6 is 0 Å². The maximum absolute atomic E-state index is 6.18. The molecule has 0 aliphatic rings. The monoisotopic (exact) mass is 600 g/mol. The summed E-state index contributed by atoms with van der Waals surface area (Å²) in [4.78, 5) is 5.06. The van der Waals surface area contributed by atoms with Crippen LogP contribution in [0.4, 0.5) is 0 Å². The molecule has 0 saturated carbocycles. The Bertz CT molecular complexity index is 2590. The van der Waals surface area contributed by atoms with Gasteiger partial charge in [0.25, 0.3) is 0 Å². The van der Waals surface area contributed by atoms with E-state index in [0.29, 0.717) is 0 Å². The Labute approximate surface area is 276 Å². The molecular weight excluding hydrogens is 569 g/mol. The van der Waals surface area contributed by atoms with E-state index in [1.807, 2.05) is 12.1 Å². The molecule has 2 aromatic heterocycles. The van der Waals surface area contributed by atoms with Crippen LogP contribution in [0.2, 0.25) is 5.11 Å². The SMILES string of the molecule is BC(B)(B)Cc1nc2ccccc2n1-c1ccc(-c2c3ccccc3c(-c3ccc4oc5ccccc5c4c3)c3ccccc23)cc1. The number of imidazole rings is 1. The van der Waals surface area contributed by atoms with Gasteiger partial charge in [-0.15, -0.1) is 5.11 Å². The van der Waals surface area contributed by atoms with Gasteiger partial charge in [-0.05, 0) is 92.7 Å². The van der Waals surface area contributed by atoms with Gasteiger partial charge in [0.2, 0.25) is 0 Å². The van der Waals surface area contributed by atoms with Gasteiger partial charge in [-0.3, -0.25) is 4.57 Å². The number of hydrogen-bond acceptors (Lipinski definition) is 2. The lowest BCUT2D eigenvalue weighted by molar-refractivity contribution is 0.669. The first kappa shape index (κ1) is 27.8. The van der Waals surface area contributed by atoms with E-state index in [1.54, 1.807) is 0 Å². The Morgan fingerprint density at radius 3 is 1.72 bits per heavy atom. The lowest BCUT2D eigenvalue weighted by atomic mass is 9.41. The molecule has 2 heterocycles. The number of aromatic nitrogens is 2. The molecule has 6 heteroatoms. The molecule has 0 aliphatic carbocycles. The summed E-state index contributed by atoms with van der Waals surface area (Å²) in [6.07, 6.45) is 0.889. The van der Waals surface area contributed by atoms with Crippen LogP contribution in [0.1, 0.15) is 5.82 Å². The molecule has 0 atom stereocenters. The number of benzene rings is 7. The van der Waals surface area contributed by atoms with Crippen molar-refractivity contribution in [3.05, 3.63) is 145 Å². The van der Waals surface area contributed by atoms with E-state index in [-0.39, 0.29) is 5.11 Å². The van der Waals surface area contributed by atoms with Crippen molar-refractivity contribution in [1.29, 1.82) is 0 Å². The molecule has 0 aliphatic heterocycles.